The van der Waals surface area contributed by atoms with E-state index in [9.17, 15) is 0 Å². The molecule has 0 aliphatic heterocycles. The van der Waals surface area contributed by atoms with E-state index in [0.29, 0.717) is 4.61 Å². The fraction of sp³-hybridized carbons (Fsp3) is 0. The normalized spacial score (nSPS) is 10.2. The van der Waals surface area contributed by atoms with Crippen molar-refractivity contribution in [2.75, 3.05) is 0 Å². The first-order valence-corrected chi connectivity index (χ1v) is 4.13. The van der Waals surface area contributed by atoms with E-state index in [1.165, 1.54) is 0 Å². The van der Waals surface area contributed by atoms with Gasteiger partial charge in [-0.1, -0.05) is 0 Å². The Morgan fingerprint density at radius 3 is 2.45 bits per heavy atom. The number of rotatable bonds is 2. The standard InChI is InChI=1S/C9H8NSe/c10-9(11)7-6-8-4-2-1-3-5-8/h1-7,10H/b7-6+,10-9?. The summed E-state index contributed by atoms with van der Waals surface area (Å²) in [5.41, 5.74) is 1.12. The van der Waals surface area contributed by atoms with Crippen LogP contribution in [0.3, 0.4) is 0 Å². The van der Waals surface area contributed by atoms with Crippen molar-refractivity contribution in [1.29, 1.82) is 5.41 Å². The third-order valence-electron chi connectivity index (χ3n) is 1.23. The maximum atomic E-state index is 7.10. The van der Waals surface area contributed by atoms with E-state index in [1.807, 2.05) is 36.4 Å². The molecule has 0 atom stereocenters. The predicted molar refractivity (Wildman–Crippen MR) is 49.0 cm³/mol. The Labute approximate surface area is 74.5 Å². The summed E-state index contributed by atoms with van der Waals surface area (Å²) in [5.74, 6) is 0. The number of allylic oxidation sites excluding steroid dienone is 1. The van der Waals surface area contributed by atoms with Crippen LogP contribution in [0.25, 0.3) is 6.08 Å². The Morgan fingerprint density at radius 2 is 1.91 bits per heavy atom. The third-order valence-corrected chi connectivity index (χ3v) is 1.51. The molecule has 0 aromatic heterocycles. The molecular formula is C9H8NSe. The van der Waals surface area contributed by atoms with Gasteiger partial charge in [0.2, 0.25) is 0 Å². The molecule has 11 heavy (non-hydrogen) atoms. The van der Waals surface area contributed by atoms with Crippen LogP contribution in [0.4, 0.5) is 0 Å². The van der Waals surface area contributed by atoms with Gasteiger partial charge in [-0.05, 0) is 0 Å². The van der Waals surface area contributed by atoms with Crippen molar-refractivity contribution >= 4 is 26.7 Å². The van der Waals surface area contributed by atoms with Crippen LogP contribution in [0.15, 0.2) is 36.4 Å². The van der Waals surface area contributed by atoms with Crippen molar-refractivity contribution in [1.82, 2.24) is 0 Å². The van der Waals surface area contributed by atoms with E-state index in [0.717, 1.165) is 5.56 Å². The van der Waals surface area contributed by atoms with Crippen molar-refractivity contribution in [2.24, 2.45) is 0 Å². The Kier molecular flexibility index (Phi) is 3.09. The SMILES string of the molecule is N=C([Se])/C=C/c1ccccc1. The molecule has 0 aliphatic carbocycles. The topological polar surface area (TPSA) is 23.9 Å². The fourth-order valence-electron chi connectivity index (χ4n) is 0.736. The molecule has 0 fully saturated rings. The van der Waals surface area contributed by atoms with Crippen LogP contribution in [-0.2, 0) is 0 Å². The number of nitrogens with one attached hydrogen (secondary N) is 1. The van der Waals surface area contributed by atoms with E-state index in [-0.39, 0.29) is 0 Å². The summed E-state index contributed by atoms with van der Waals surface area (Å²) >= 11 is 2.61. The zero-order chi connectivity index (χ0) is 8.10. The van der Waals surface area contributed by atoms with Gasteiger partial charge in [0.05, 0.1) is 0 Å². The average Bonchev–Trinajstić information content (AvgIpc) is 2.03. The molecule has 0 spiro atoms. The number of benzene rings is 1. The molecule has 1 nitrogen and oxygen atoms in total. The van der Waals surface area contributed by atoms with Gasteiger partial charge in [0.15, 0.2) is 0 Å². The van der Waals surface area contributed by atoms with Crippen molar-refractivity contribution in [3.8, 4) is 0 Å². The summed E-state index contributed by atoms with van der Waals surface area (Å²) in [5, 5.41) is 7.10. The van der Waals surface area contributed by atoms with Crippen LogP contribution in [0, 0.1) is 5.41 Å². The molecule has 0 unspecified atom stereocenters. The summed E-state index contributed by atoms with van der Waals surface area (Å²) in [6.45, 7) is 0. The quantitative estimate of drug-likeness (QED) is 0.567. The third kappa shape index (κ3) is 3.17. The summed E-state index contributed by atoms with van der Waals surface area (Å²) in [6, 6.07) is 9.92. The molecular weight excluding hydrogens is 201 g/mol. The second-order valence-corrected chi connectivity index (χ2v) is 3.03. The first-order chi connectivity index (χ1) is 5.29. The molecule has 1 aromatic rings. The van der Waals surface area contributed by atoms with Gasteiger partial charge in [-0.3, -0.25) is 0 Å². The molecule has 1 radical (unpaired) electrons. The number of hydrogen-bond acceptors (Lipinski definition) is 1. The predicted octanol–water partition coefficient (Wildman–Crippen LogP) is 1.85. The summed E-state index contributed by atoms with van der Waals surface area (Å²) in [4.78, 5) is 0. The first-order valence-electron chi connectivity index (χ1n) is 3.28. The fourth-order valence-corrected chi connectivity index (χ4v) is 0.879. The minimum absolute atomic E-state index is 0.453. The van der Waals surface area contributed by atoms with Crippen molar-refractivity contribution in [3.63, 3.8) is 0 Å². The van der Waals surface area contributed by atoms with Crippen LogP contribution >= 0.6 is 0 Å². The van der Waals surface area contributed by atoms with Gasteiger partial charge in [0, 0.05) is 0 Å². The first kappa shape index (κ1) is 8.25. The maximum absolute atomic E-state index is 7.10. The second kappa shape index (κ2) is 4.12. The zero-order valence-electron chi connectivity index (χ0n) is 5.95. The molecule has 2 heteroatoms. The van der Waals surface area contributed by atoms with Crippen molar-refractivity contribution in [3.05, 3.63) is 42.0 Å². The van der Waals surface area contributed by atoms with Gasteiger partial charge in [0.1, 0.15) is 0 Å². The molecule has 0 heterocycles. The molecule has 0 bridgehead atoms. The summed E-state index contributed by atoms with van der Waals surface area (Å²) < 4.78 is 0.453. The summed E-state index contributed by atoms with van der Waals surface area (Å²) in [7, 11) is 0. The van der Waals surface area contributed by atoms with Gasteiger partial charge in [-0.2, -0.15) is 0 Å². The Bertz CT molecular complexity index is 264. The Hall–Kier alpha value is -0.851. The van der Waals surface area contributed by atoms with Crippen LogP contribution in [-0.4, -0.2) is 20.6 Å². The van der Waals surface area contributed by atoms with Gasteiger partial charge < -0.3 is 0 Å². The molecule has 0 saturated heterocycles. The Morgan fingerprint density at radius 1 is 1.27 bits per heavy atom. The van der Waals surface area contributed by atoms with Crippen molar-refractivity contribution < 1.29 is 0 Å². The molecule has 1 aromatic carbocycles. The van der Waals surface area contributed by atoms with Gasteiger partial charge >= 0.3 is 74.1 Å². The van der Waals surface area contributed by atoms with Gasteiger partial charge in [0.25, 0.3) is 0 Å². The zero-order valence-corrected chi connectivity index (χ0v) is 7.66. The minimum atomic E-state index is 0.453. The van der Waals surface area contributed by atoms with Crippen LogP contribution in [0.5, 0.6) is 0 Å². The molecule has 1 rings (SSSR count). The van der Waals surface area contributed by atoms with E-state index in [4.69, 9.17) is 5.41 Å². The average molecular weight is 209 g/mol. The van der Waals surface area contributed by atoms with Crippen molar-refractivity contribution in [2.45, 2.75) is 0 Å². The summed E-state index contributed by atoms with van der Waals surface area (Å²) in [6.07, 6.45) is 3.63. The molecule has 0 saturated carbocycles. The van der Waals surface area contributed by atoms with E-state index < -0.39 is 0 Å². The second-order valence-electron chi connectivity index (χ2n) is 2.11. The van der Waals surface area contributed by atoms with E-state index >= 15 is 0 Å². The monoisotopic (exact) mass is 210 g/mol. The van der Waals surface area contributed by atoms with Gasteiger partial charge in [-0.25, -0.2) is 0 Å². The molecule has 0 amide bonds. The van der Waals surface area contributed by atoms with E-state index in [2.05, 4.69) is 16.0 Å². The molecule has 55 valence electrons. The number of hydrogen-bond donors (Lipinski definition) is 1. The van der Waals surface area contributed by atoms with Crippen LogP contribution < -0.4 is 0 Å². The van der Waals surface area contributed by atoms with Crippen LogP contribution in [0.2, 0.25) is 0 Å². The van der Waals surface area contributed by atoms with Crippen LogP contribution in [0.1, 0.15) is 5.56 Å². The molecule has 1 N–H and O–H groups in total. The van der Waals surface area contributed by atoms with Gasteiger partial charge in [-0.15, -0.1) is 0 Å². The van der Waals surface area contributed by atoms with E-state index in [1.54, 1.807) is 6.08 Å². The molecule has 0 aliphatic rings. The Balaban J connectivity index is 2.72.